The number of nitrogens with one attached hydrogen (secondary N) is 1. The number of carbonyl (C=O) groups is 3. The zero-order valence-corrected chi connectivity index (χ0v) is 23.8. The van der Waals surface area contributed by atoms with Crippen LogP contribution in [0.4, 0.5) is 15.8 Å². The highest BCUT2D eigenvalue weighted by molar-refractivity contribution is 6.12. The lowest BCUT2D eigenvalue weighted by molar-refractivity contribution is -0.137. The van der Waals surface area contributed by atoms with Crippen LogP contribution in [0.2, 0.25) is 0 Å². The normalized spacial score (nSPS) is 11.6. The maximum atomic E-state index is 13.7. The number of ketones is 1. The highest BCUT2D eigenvalue weighted by Crippen LogP contribution is 2.22. The first-order chi connectivity index (χ1) is 20.9. The van der Waals surface area contributed by atoms with E-state index in [9.17, 15) is 23.9 Å². The summed E-state index contributed by atoms with van der Waals surface area (Å²) in [6.07, 6.45) is 3.76. The van der Waals surface area contributed by atoms with Gasteiger partial charge in [-0.05, 0) is 67.4 Å². The summed E-state index contributed by atoms with van der Waals surface area (Å²) < 4.78 is 19.6. The minimum absolute atomic E-state index is 0.180. The topological polar surface area (TPSA) is 95.9 Å². The smallest absolute Gasteiger partial charge is 0.326 e. The highest BCUT2D eigenvalue weighted by atomic mass is 19.1. The van der Waals surface area contributed by atoms with Gasteiger partial charge in [0.05, 0.1) is 6.61 Å². The Hall–Kier alpha value is -5.24. The van der Waals surface area contributed by atoms with E-state index < -0.39 is 17.8 Å². The number of carboxylic acid groups (broad SMARTS) is 1. The average Bonchev–Trinajstić information content (AvgIpc) is 3.02. The molecule has 7 nitrogen and oxygen atoms in total. The summed E-state index contributed by atoms with van der Waals surface area (Å²) in [4.78, 5) is 39.2. The third kappa shape index (κ3) is 8.63. The van der Waals surface area contributed by atoms with Gasteiger partial charge in [0.2, 0.25) is 0 Å². The number of ether oxygens (including phenoxy) is 1. The van der Waals surface area contributed by atoms with E-state index in [1.54, 1.807) is 97.9 Å². The number of hydrogen-bond donors (Lipinski definition) is 2. The van der Waals surface area contributed by atoms with Crippen LogP contribution in [0.15, 0.2) is 115 Å². The van der Waals surface area contributed by atoms with Gasteiger partial charge in [0.25, 0.3) is 5.91 Å². The van der Waals surface area contributed by atoms with E-state index in [-0.39, 0.29) is 18.1 Å². The summed E-state index contributed by atoms with van der Waals surface area (Å²) in [7, 11) is 0. The first-order valence-electron chi connectivity index (χ1n) is 14.0. The Morgan fingerprint density at radius 1 is 0.930 bits per heavy atom. The van der Waals surface area contributed by atoms with Gasteiger partial charge in [0, 0.05) is 35.5 Å². The largest absolute Gasteiger partial charge is 0.494 e. The van der Waals surface area contributed by atoms with Crippen molar-refractivity contribution in [1.29, 1.82) is 0 Å². The van der Waals surface area contributed by atoms with Crippen LogP contribution < -0.4 is 15.0 Å². The SMILES string of the molecule is CC=CC(=O)N(CCCOc1ccc(C[C@H](Nc2ccccc2C(=O)c2ccccc2)C(=O)O)cc1)c1cccc(F)c1. The maximum absolute atomic E-state index is 13.7. The Balaban J connectivity index is 1.35. The molecule has 220 valence electrons. The van der Waals surface area contributed by atoms with Crippen LogP contribution in [0, 0.1) is 5.82 Å². The monoisotopic (exact) mass is 580 g/mol. The summed E-state index contributed by atoms with van der Waals surface area (Å²) >= 11 is 0. The first kappa shape index (κ1) is 30.7. The standard InChI is InChI=1S/C35H33FN2O5/c1-2-10-33(39)38(28-14-8-13-27(36)24-28)21-9-22-43-29-19-17-25(18-20-29)23-32(35(41)42)37-31-16-7-6-15-30(31)34(40)26-11-4-3-5-12-26/h2-8,10-20,24,32,37H,9,21-23H2,1H3,(H,41,42)/t32-/m0/s1. The second-order valence-corrected chi connectivity index (χ2v) is 9.80. The fraction of sp³-hybridized carbons (Fsp3) is 0.171. The molecule has 0 aliphatic heterocycles. The second-order valence-electron chi connectivity index (χ2n) is 9.80. The van der Waals surface area contributed by atoms with Crippen LogP contribution >= 0.6 is 0 Å². The summed E-state index contributed by atoms with van der Waals surface area (Å²) in [5.41, 5.74) is 2.61. The van der Waals surface area contributed by atoms with Gasteiger partial charge in [0.1, 0.15) is 17.6 Å². The van der Waals surface area contributed by atoms with Crippen molar-refractivity contribution in [1.82, 2.24) is 0 Å². The number of carbonyl (C=O) groups excluding carboxylic acids is 2. The van der Waals surface area contributed by atoms with E-state index in [0.717, 1.165) is 5.56 Å². The molecule has 0 saturated carbocycles. The molecule has 0 spiro atoms. The van der Waals surface area contributed by atoms with Crippen molar-refractivity contribution in [2.75, 3.05) is 23.4 Å². The number of carboxylic acids is 1. The predicted molar refractivity (Wildman–Crippen MR) is 165 cm³/mol. The van der Waals surface area contributed by atoms with E-state index in [2.05, 4.69) is 5.32 Å². The number of hydrogen-bond acceptors (Lipinski definition) is 5. The molecule has 1 atom stereocenters. The molecule has 4 aromatic rings. The van der Waals surface area contributed by atoms with Crippen molar-refractivity contribution in [3.05, 3.63) is 138 Å². The average molecular weight is 581 g/mol. The van der Waals surface area contributed by atoms with Crippen molar-refractivity contribution in [2.45, 2.75) is 25.8 Å². The second kappa shape index (κ2) is 15.1. The van der Waals surface area contributed by atoms with E-state index in [1.165, 1.54) is 23.1 Å². The minimum atomic E-state index is -1.04. The number of anilines is 2. The number of benzene rings is 4. The maximum Gasteiger partial charge on any atom is 0.326 e. The molecule has 43 heavy (non-hydrogen) atoms. The van der Waals surface area contributed by atoms with Crippen LogP contribution in [0.1, 0.15) is 34.8 Å². The van der Waals surface area contributed by atoms with Gasteiger partial charge < -0.3 is 20.1 Å². The number of nitrogens with zero attached hydrogens (tertiary/aromatic N) is 1. The molecule has 0 radical (unpaired) electrons. The summed E-state index contributed by atoms with van der Waals surface area (Å²) in [6.45, 7) is 2.40. The molecule has 0 unspecified atom stereocenters. The molecule has 0 saturated heterocycles. The number of rotatable bonds is 14. The molecule has 0 bridgehead atoms. The van der Waals surface area contributed by atoms with Crippen molar-refractivity contribution in [3.8, 4) is 5.75 Å². The Morgan fingerprint density at radius 2 is 1.65 bits per heavy atom. The summed E-state index contributed by atoms with van der Waals surface area (Å²) in [6, 6.07) is 27.7. The lowest BCUT2D eigenvalue weighted by Gasteiger charge is -2.21. The van der Waals surface area contributed by atoms with E-state index >= 15 is 0 Å². The van der Waals surface area contributed by atoms with Gasteiger partial charge in [-0.2, -0.15) is 0 Å². The van der Waals surface area contributed by atoms with Crippen molar-refractivity contribution in [2.24, 2.45) is 0 Å². The Morgan fingerprint density at radius 3 is 2.35 bits per heavy atom. The first-order valence-corrected chi connectivity index (χ1v) is 14.0. The fourth-order valence-electron chi connectivity index (χ4n) is 4.55. The lowest BCUT2D eigenvalue weighted by atomic mass is 10.00. The Kier molecular flexibility index (Phi) is 10.8. The molecule has 0 heterocycles. The van der Waals surface area contributed by atoms with Crippen LogP contribution in [0.5, 0.6) is 5.75 Å². The molecule has 0 aliphatic rings. The molecule has 0 fully saturated rings. The third-order valence-corrected chi connectivity index (χ3v) is 6.69. The molecule has 4 aromatic carbocycles. The predicted octanol–water partition coefficient (Wildman–Crippen LogP) is 6.54. The van der Waals surface area contributed by atoms with Crippen LogP contribution in [-0.4, -0.2) is 42.0 Å². The number of para-hydroxylation sites is 1. The zero-order valence-electron chi connectivity index (χ0n) is 23.8. The molecular formula is C35H33FN2O5. The lowest BCUT2D eigenvalue weighted by Crippen LogP contribution is -2.32. The van der Waals surface area contributed by atoms with Gasteiger partial charge in [-0.15, -0.1) is 0 Å². The fourth-order valence-corrected chi connectivity index (χ4v) is 4.55. The third-order valence-electron chi connectivity index (χ3n) is 6.69. The Labute approximate surface area is 250 Å². The van der Waals surface area contributed by atoms with Gasteiger partial charge >= 0.3 is 5.97 Å². The summed E-state index contributed by atoms with van der Waals surface area (Å²) in [5.74, 6) is -1.31. The van der Waals surface area contributed by atoms with Gasteiger partial charge in [-0.3, -0.25) is 9.59 Å². The van der Waals surface area contributed by atoms with Gasteiger partial charge in [-0.1, -0.05) is 66.7 Å². The minimum Gasteiger partial charge on any atom is -0.494 e. The molecule has 0 aromatic heterocycles. The molecule has 2 N–H and O–H groups in total. The molecular weight excluding hydrogens is 547 g/mol. The number of aliphatic carboxylic acids is 1. The molecule has 4 rings (SSSR count). The Bertz CT molecular complexity index is 1570. The highest BCUT2D eigenvalue weighted by Gasteiger charge is 2.21. The van der Waals surface area contributed by atoms with Crippen LogP contribution in [0.3, 0.4) is 0 Å². The van der Waals surface area contributed by atoms with Gasteiger partial charge in [0.15, 0.2) is 5.78 Å². The van der Waals surface area contributed by atoms with Crippen LogP contribution in [0.25, 0.3) is 0 Å². The molecule has 8 heteroatoms. The zero-order chi connectivity index (χ0) is 30.6. The number of halogens is 1. The quantitative estimate of drug-likeness (QED) is 0.0999. The van der Waals surface area contributed by atoms with Crippen molar-refractivity contribution < 1.29 is 28.6 Å². The van der Waals surface area contributed by atoms with E-state index in [0.29, 0.717) is 47.8 Å². The van der Waals surface area contributed by atoms with Crippen LogP contribution in [-0.2, 0) is 16.0 Å². The van der Waals surface area contributed by atoms with E-state index in [4.69, 9.17) is 4.74 Å². The molecule has 1 amide bonds. The molecule has 0 aliphatic carbocycles. The summed E-state index contributed by atoms with van der Waals surface area (Å²) in [5, 5.41) is 13.0. The number of amides is 1. The van der Waals surface area contributed by atoms with Crippen molar-refractivity contribution >= 4 is 29.0 Å². The number of allylic oxidation sites excluding steroid dienone is 1. The van der Waals surface area contributed by atoms with E-state index in [1.807, 2.05) is 6.07 Å². The van der Waals surface area contributed by atoms with Crippen molar-refractivity contribution in [3.63, 3.8) is 0 Å². The van der Waals surface area contributed by atoms with Gasteiger partial charge in [-0.25, -0.2) is 9.18 Å².